The van der Waals surface area contributed by atoms with Gasteiger partial charge in [0.2, 0.25) is 0 Å². The average molecular weight is 392 g/mol. The van der Waals surface area contributed by atoms with Gasteiger partial charge in [-0.2, -0.15) is 0 Å². The van der Waals surface area contributed by atoms with Crippen molar-refractivity contribution < 1.29 is 14.3 Å². The van der Waals surface area contributed by atoms with E-state index in [2.05, 4.69) is 10.6 Å². The van der Waals surface area contributed by atoms with E-state index in [-0.39, 0.29) is 12.0 Å². The minimum absolute atomic E-state index is 0.275. The molecule has 0 fully saturated rings. The standard InChI is InChI=1S/C22H22N2O3.C2H6/c1-15(2)27-22(26)24-20(17-10-4-3-5-11-17)21(25)23-19-14-8-12-16-9-6-7-13-18(16)19;1-2/h3-15,20H,1-2H3,(H,23,25)(H,24,26);1-2H3. The molecule has 2 N–H and O–H groups in total. The number of rotatable bonds is 5. The van der Waals surface area contributed by atoms with Crippen LogP contribution in [-0.2, 0) is 9.53 Å². The molecular formula is C24H28N2O3. The third-order valence-electron chi connectivity index (χ3n) is 4.05. The van der Waals surface area contributed by atoms with Crippen molar-refractivity contribution in [1.29, 1.82) is 0 Å². The lowest BCUT2D eigenvalue weighted by Crippen LogP contribution is -2.38. The lowest BCUT2D eigenvalue weighted by molar-refractivity contribution is -0.118. The highest BCUT2D eigenvalue weighted by molar-refractivity contribution is 6.04. The Hall–Kier alpha value is -3.34. The van der Waals surface area contributed by atoms with Gasteiger partial charge in [0, 0.05) is 11.1 Å². The Morgan fingerprint density at radius 2 is 1.45 bits per heavy atom. The molecule has 0 aliphatic rings. The smallest absolute Gasteiger partial charge is 0.408 e. The van der Waals surface area contributed by atoms with E-state index in [4.69, 9.17) is 4.74 Å². The van der Waals surface area contributed by atoms with Gasteiger partial charge in [-0.1, -0.05) is 80.6 Å². The van der Waals surface area contributed by atoms with Crippen LogP contribution in [0.4, 0.5) is 10.5 Å². The van der Waals surface area contributed by atoms with E-state index in [0.717, 1.165) is 10.8 Å². The fourth-order valence-electron chi connectivity index (χ4n) is 2.85. The first-order valence-electron chi connectivity index (χ1n) is 9.85. The maximum absolute atomic E-state index is 13.0. The molecule has 0 saturated heterocycles. The van der Waals surface area contributed by atoms with E-state index >= 15 is 0 Å². The number of carbonyl (C=O) groups excluding carboxylic acids is 2. The van der Waals surface area contributed by atoms with E-state index in [1.807, 2.05) is 74.5 Å². The minimum atomic E-state index is -0.864. The van der Waals surface area contributed by atoms with Crippen molar-refractivity contribution in [3.8, 4) is 0 Å². The number of benzene rings is 3. The van der Waals surface area contributed by atoms with Crippen LogP contribution in [0, 0.1) is 0 Å². The Kier molecular flexibility index (Phi) is 8.22. The van der Waals surface area contributed by atoms with Crippen LogP contribution in [0.15, 0.2) is 72.8 Å². The highest BCUT2D eigenvalue weighted by Gasteiger charge is 2.24. The topological polar surface area (TPSA) is 67.4 Å². The molecule has 0 bridgehead atoms. The van der Waals surface area contributed by atoms with Crippen LogP contribution in [0.3, 0.4) is 0 Å². The van der Waals surface area contributed by atoms with Gasteiger partial charge in [0.15, 0.2) is 0 Å². The van der Waals surface area contributed by atoms with Crippen LogP contribution < -0.4 is 10.6 Å². The molecule has 5 heteroatoms. The largest absolute Gasteiger partial charge is 0.447 e. The molecule has 2 amide bonds. The van der Waals surface area contributed by atoms with Crippen LogP contribution in [0.2, 0.25) is 0 Å². The molecule has 29 heavy (non-hydrogen) atoms. The van der Waals surface area contributed by atoms with Gasteiger partial charge in [-0.05, 0) is 30.9 Å². The number of fused-ring (bicyclic) bond motifs is 1. The van der Waals surface area contributed by atoms with Gasteiger partial charge < -0.3 is 15.4 Å². The van der Waals surface area contributed by atoms with Gasteiger partial charge in [0.1, 0.15) is 6.04 Å². The van der Waals surface area contributed by atoms with Gasteiger partial charge in [0.05, 0.1) is 6.10 Å². The number of anilines is 1. The van der Waals surface area contributed by atoms with Crippen LogP contribution in [0.25, 0.3) is 10.8 Å². The summed E-state index contributed by atoms with van der Waals surface area (Å²) in [6, 6.07) is 21.7. The van der Waals surface area contributed by atoms with E-state index in [9.17, 15) is 9.59 Å². The van der Waals surface area contributed by atoms with E-state index < -0.39 is 12.1 Å². The summed E-state index contributed by atoms with van der Waals surface area (Å²) < 4.78 is 5.14. The molecule has 5 nitrogen and oxygen atoms in total. The first-order chi connectivity index (χ1) is 14.0. The monoisotopic (exact) mass is 392 g/mol. The second kappa shape index (κ2) is 10.9. The van der Waals surface area contributed by atoms with E-state index in [1.165, 1.54) is 0 Å². The summed E-state index contributed by atoms with van der Waals surface area (Å²) in [6.45, 7) is 7.51. The zero-order chi connectivity index (χ0) is 21.2. The van der Waals surface area contributed by atoms with Gasteiger partial charge in [-0.15, -0.1) is 0 Å². The highest BCUT2D eigenvalue weighted by atomic mass is 16.6. The molecule has 0 aliphatic carbocycles. The van der Waals surface area contributed by atoms with E-state index in [0.29, 0.717) is 11.3 Å². The number of hydrogen-bond donors (Lipinski definition) is 2. The van der Waals surface area contributed by atoms with Crippen LogP contribution in [0.5, 0.6) is 0 Å². The Morgan fingerprint density at radius 1 is 0.828 bits per heavy atom. The molecule has 0 heterocycles. The highest BCUT2D eigenvalue weighted by Crippen LogP contribution is 2.24. The molecule has 0 aromatic heterocycles. The maximum Gasteiger partial charge on any atom is 0.408 e. The summed E-state index contributed by atoms with van der Waals surface area (Å²) in [5.41, 5.74) is 1.37. The first-order valence-corrected chi connectivity index (χ1v) is 9.85. The number of alkyl carbamates (subject to hydrolysis) is 1. The molecule has 3 aromatic carbocycles. The number of carbonyl (C=O) groups is 2. The quantitative estimate of drug-likeness (QED) is 0.587. The van der Waals surface area contributed by atoms with Crippen molar-refractivity contribution in [2.45, 2.75) is 39.8 Å². The third kappa shape index (κ3) is 6.07. The Balaban J connectivity index is 0.00000145. The van der Waals surface area contributed by atoms with Crippen molar-refractivity contribution in [1.82, 2.24) is 5.32 Å². The summed E-state index contributed by atoms with van der Waals surface area (Å²) in [4.78, 5) is 25.1. The summed E-state index contributed by atoms with van der Waals surface area (Å²) >= 11 is 0. The molecule has 1 unspecified atom stereocenters. The van der Waals surface area contributed by atoms with Crippen molar-refractivity contribution in [2.75, 3.05) is 5.32 Å². The normalized spacial score (nSPS) is 11.2. The lowest BCUT2D eigenvalue weighted by Gasteiger charge is -2.20. The lowest BCUT2D eigenvalue weighted by atomic mass is 10.1. The van der Waals surface area contributed by atoms with Crippen molar-refractivity contribution in [2.24, 2.45) is 0 Å². The van der Waals surface area contributed by atoms with Gasteiger partial charge >= 0.3 is 6.09 Å². The minimum Gasteiger partial charge on any atom is -0.447 e. The maximum atomic E-state index is 13.0. The summed E-state index contributed by atoms with van der Waals surface area (Å²) in [6.07, 6.45) is -0.908. The fourth-order valence-corrected chi connectivity index (χ4v) is 2.85. The molecular weight excluding hydrogens is 364 g/mol. The Morgan fingerprint density at radius 3 is 2.14 bits per heavy atom. The zero-order valence-corrected chi connectivity index (χ0v) is 17.3. The summed E-state index contributed by atoms with van der Waals surface area (Å²) in [7, 11) is 0. The fraction of sp³-hybridized carbons (Fsp3) is 0.250. The number of amides is 2. The predicted molar refractivity (Wildman–Crippen MR) is 118 cm³/mol. The number of hydrogen-bond acceptors (Lipinski definition) is 3. The molecule has 3 aromatic rings. The molecule has 1 atom stereocenters. The van der Waals surface area contributed by atoms with Crippen molar-refractivity contribution in [3.63, 3.8) is 0 Å². The zero-order valence-electron chi connectivity index (χ0n) is 17.3. The Bertz CT molecular complexity index is 934. The Labute approximate surface area is 172 Å². The first kappa shape index (κ1) is 22.0. The second-order valence-corrected chi connectivity index (χ2v) is 6.46. The van der Waals surface area contributed by atoms with E-state index in [1.54, 1.807) is 26.0 Å². The summed E-state index contributed by atoms with van der Waals surface area (Å²) in [5.74, 6) is -0.335. The number of ether oxygens (including phenoxy) is 1. The average Bonchev–Trinajstić information content (AvgIpc) is 2.74. The molecule has 0 aliphatic heterocycles. The SMILES string of the molecule is CC.CC(C)OC(=O)NC(C(=O)Nc1cccc2ccccc12)c1ccccc1. The molecule has 0 spiro atoms. The van der Waals surface area contributed by atoms with Crippen molar-refractivity contribution >= 4 is 28.5 Å². The van der Waals surface area contributed by atoms with Gasteiger partial charge in [-0.25, -0.2) is 4.79 Å². The molecule has 3 rings (SSSR count). The predicted octanol–water partition coefficient (Wildman–Crippen LogP) is 5.68. The molecule has 0 saturated carbocycles. The van der Waals surface area contributed by atoms with Crippen LogP contribution in [-0.4, -0.2) is 18.1 Å². The van der Waals surface area contributed by atoms with Gasteiger partial charge in [0.25, 0.3) is 5.91 Å². The van der Waals surface area contributed by atoms with Crippen molar-refractivity contribution in [3.05, 3.63) is 78.4 Å². The second-order valence-electron chi connectivity index (χ2n) is 6.46. The molecule has 0 radical (unpaired) electrons. The van der Waals surface area contributed by atoms with Crippen LogP contribution >= 0.6 is 0 Å². The third-order valence-corrected chi connectivity index (χ3v) is 4.05. The van der Waals surface area contributed by atoms with Crippen LogP contribution in [0.1, 0.15) is 39.3 Å². The molecule has 152 valence electrons. The summed E-state index contributed by atoms with van der Waals surface area (Å²) in [5, 5.41) is 7.55. The number of nitrogens with one attached hydrogen (secondary N) is 2. The van der Waals surface area contributed by atoms with Gasteiger partial charge in [-0.3, -0.25) is 4.79 Å².